The molecule has 1 unspecified atom stereocenters. The van der Waals surface area contributed by atoms with Crippen molar-refractivity contribution in [3.63, 3.8) is 0 Å². The molecule has 0 aliphatic carbocycles. The monoisotopic (exact) mass is 481 g/mol. The van der Waals surface area contributed by atoms with Crippen molar-refractivity contribution in [1.29, 1.82) is 0 Å². The molecule has 2 N–H and O–H groups in total. The number of rotatable bonds is 6. The van der Waals surface area contributed by atoms with Gasteiger partial charge >= 0.3 is 6.18 Å². The lowest BCUT2D eigenvalue weighted by Gasteiger charge is -2.16. The van der Waals surface area contributed by atoms with Gasteiger partial charge in [-0.2, -0.15) is 18.3 Å². The fourth-order valence-corrected chi connectivity index (χ4v) is 2.33. The Morgan fingerprint density at radius 2 is 2.04 bits per heavy atom. The van der Waals surface area contributed by atoms with Gasteiger partial charge < -0.3 is 10.6 Å². The molecule has 0 radical (unpaired) electrons. The Morgan fingerprint density at radius 3 is 2.65 bits per heavy atom. The highest BCUT2D eigenvalue weighted by molar-refractivity contribution is 14.0. The normalized spacial score (nSPS) is 13.0. The number of nitrogens with one attached hydrogen (secondary N) is 2. The summed E-state index contributed by atoms with van der Waals surface area (Å²) in [4.78, 5) is 4.09. The van der Waals surface area contributed by atoms with E-state index >= 15 is 0 Å². The van der Waals surface area contributed by atoms with Crippen LogP contribution in [0.5, 0.6) is 0 Å². The van der Waals surface area contributed by atoms with Crippen LogP contribution in [-0.4, -0.2) is 29.3 Å². The number of benzene rings is 1. The topological polar surface area (TPSA) is 54.2 Å². The Balaban J connectivity index is 0.00000338. The summed E-state index contributed by atoms with van der Waals surface area (Å²) < 4.78 is 40.1. The molecule has 144 valence electrons. The summed E-state index contributed by atoms with van der Waals surface area (Å²) in [5.74, 6) is 0.858. The molecule has 2 rings (SSSR count). The average Bonchev–Trinajstić information content (AvgIpc) is 3.07. The predicted molar refractivity (Wildman–Crippen MR) is 106 cm³/mol. The first-order valence-electron chi connectivity index (χ1n) is 7.96. The summed E-state index contributed by atoms with van der Waals surface area (Å²) in [6, 6.07) is 7.13. The van der Waals surface area contributed by atoms with Crippen LogP contribution in [0.25, 0.3) is 0 Å². The van der Waals surface area contributed by atoms with Gasteiger partial charge in [0, 0.05) is 39.1 Å². The van der Waals surface area contributed by atoms with E-state index in [1.54, 1.807) is 19.3 Å². The van der Waals surface area contributed by atoms with Crippen molar-refractivity contribution >= 4 is 29.9 Å². The van der Waals surface area contributed by atoms with Gasteiger partial charge in [0.05, 0.1) is 5.56 Å². The van der Waals surface area contributed by atoms with Crippen molar-refractivity contribution in [2.75, 3.05) is 13.6 Å². The van der Waals surface area contributed by atoms with Gasteiger partial charge in [0.1, 0.15) is 0 Å². The zero-order valence-electron chi connectivity index (χ0n) is 14.6. The van der Waals surface area contributed by atoms with Crippen LogP contribution >= 0.6 is 24.0 Å². The van der Waals surface area contributed by atoms with Crippen LogP contribution in [0.1, 0.15) is 18.1 Å². The molecule has 1 heterocycles. The van der Waals surface area contributed by atoms with E-state index in [1.165, 1.54) is 6.07 Å². The standard InChI is InChI=1S/C17H22F3N5.HI/c1-13(12-25-8-4-7-24-25)10-22-16(21-2)23-11-14-5-3-6-15(9-14)17(18,19)20;/h3-9,13H,10-12H2,1-2H3,(H2,21,22,23);1H. The molecule has 26 heavy (non-hydrogen) atoms. The molecule has 0 aliphatic heterocycles. The first-order valence-corrected chi connectivity index (χ1v) is 7.96. The first kappa shape index (κ1) is 22.3. The van der Waals surface area contributed by atoms with E-state index in [0.717, 1.165) is 18.7 Å². The quantitative estimate of drug-likeness (QED) is 0.377. The molecule has 0 saturated heterocycles. The van der Waals surface area contributed by atoms with Crippen LogP contribution < -0.4 is 10.6 Å². The summed E-state index contributed by atoms with van der Waals surface area (Å²) in [6.07, 6.45) is -0.704. The van der Waals surface area contributed by atoms with E-state index in [9.17, 15) is 13.2 Å². The Morgan fingerprint density at radius 1 is 1.27 bits per heavy atom. The lowest BCUT2D eigenvalue weighted by atomic mass is 10.1. The smallest absolute Gasteiger partial charge is 0.356 e. The van der Waals surface area contributed by atoms with Gasteiger partial charge in [-0.1, -0.05) is 19.1 Å². The summed E-state index contributed by atoms with van der Waals surface area (Å²) in [6.45, 7) is 3.78. The minimum Gasteiger partial charge on any atom is -0.356 e. The molecule has 1 aromatic heterocycles. The number of hydrogen-bond acceptors (Lipinski definition) is 2. The summed E-state index contributed by atoms with van der Waals surface area (Å²) in [5.41, 5.74) is -0.107. The van der Waals surface area contributed by atoms with E-state index in [-0.39, 0.29) is 30.5 Å². The molecule has 9 heteroatoms. The van der Waals surface area contributed by atoms with Gasteiger partial charge in [0.15, 0.2) is 5.96 Å². The fraction of sp³-hybridized carbons (Fsp3) is 0.412. The lowest BCUT2D eigenvalue weighted by Crippen LogP contribution is -2.39. The average molecular weight is 481 g/mol. The third-order valence-corrected chi connectivity index (χ3v) is 3.61. The maximum atomic E-state index is 12.7. The number of hydrogen-bond donors (Lipinski definition) is 2. The van der Waals surface area contributed by atoms with Crippen LogP contribution in [0.3, 0.4) is 0 Å². The highest BCUT2D eigenvalue weighted by atomic mass is 127. The number of guanidine groups is 1. The van der Waals surface area contributed by atoms with Crippen molar-refractivity contribution < 1.29 is 13.2 Å². The largest absolute Gasteiger partial charge is 0.416 e. The second-order valence-electron chi connectivity index (χ2n) is 5.84. The van der Waals surface area contributed by atoms with Crippen LogP contribution in [-0.2, 0) is 19.3 Å². The van der Waals surface area contributed by atoms with Gasteiger partial charge in [-0.25, -0.2) is 0 Å². The Kier molecular flexibility index (Phi) is 8.89. The van der Waals surface area contributed by atoms with Gasteiger partial charge in [-0.3, -0.25) is 9.67 Å². The molecule has 5 nitrogen and oxygen atoms in total. The molecule has 0 fully saturated rings. The second kappa shape index (κ2) is 10.4. The Labute approximate surface area is 168 Å². The molecule has 1 atom stereocenters. The third kappa shape index (κ3) is 7.22. The van der Waals surface area contributed by atoms with Gasteiger partial charge in [-0.15, -0.1) is 24.0 Å². The number of alkyl halides is 3. The van der Waals surface area contributed by atoms with E-state index in [1.807, 2.05) is 16.9 Å². The minimum absolute atomic E-state index is 0. The highest BCUT2D eigenvalue weighted by Crippen LogP contribution is 2.29. The van der Waals surface area contributed by atoms with E-state index < -0.39 is 11.7 Å². The summed E-state index contributed by atoms with van der Waals surface area (Å²) in [7, 11) is 1.62. The number of aliphatic imine (C=N–C) groups is 1. The Bertz CT molecular complexity index is 686. The summed E-state index contributed by atoms with van der Waals surface area (Å²) in [5, 5.41) is 10.4. The molecule has 1 aromatic carbocycles. The molecule has 2 aromatic rings. The molecule has 0 bridgehead atoms. The number of nitrogens with zero attached hydrogens (tertiary/aromatic N) is 3. The SMILES string of the molecule is CN=C(NCc1cccc(C(F)(F)F)c1)NCC(C)Cn1cccn1.I. The zero-order valence-corrected chi connectivity index (χ0v) is 17.0. The van der Waals surface area contributed by atoms with Crippen LogP contribution in [0, 0.1) is 5.92 Å². The minimum atomic E-state index is -4.34. The van der Waals surface area contributed by atoms with Gasteiger partial charge in [0.25, 0.3) is 0 Å². The zero-order chi connectivity index (χ0) is 18.3. The molecule has 0 aliphatic rings. The van der Waals surface area contributed by atoms with Crippen LogP contribution in [0.4, 0.5) is 13.2 Å². The maximum absolute atomic E-state index is 12.7. The van der Waals surface area contributed by atoms with Crippen LogP contribution in [0.2, 0.25) is 0 Å². The van der Waals surface area contributed by atoms with Crippen molar-refractivity contribution in [2.24, 2.45) is 10.9 Å². The van der Waals surface area contributed by atoms with Crippen LogP contribution in [0.15, 0.2) is 47.7 Å². The first-order chi connectivity index (χ1) is 11.9. The van der Waals surface area contributed by atoms with Gasteiger partial charge in [0.2, 0.25) is 0 Å². The van der Waals surface area contributed by atoms with E-state index in [2.05, 4.69) is 27.6 Å². The molecule has 0 spiro atoms. The predicted octanol–water partition coefficient (Wildman–Crippen LogP) is 3.52. The summed E-state index contributed by atoms with van der Waals surface area (Å²) >= 11 is 0. The van der Waals surface area contributed by atoms with E-state index in [0.29, 0.717) is 24.0 Å². The molecular formula is C17H23F3IN5. The molecular weight excluding hydrogens is 458 g/mol. The van der Waals surface area contributed by atoms with Crippen molar-refractivity contribution in [3.8, 4) is 0 Å². The maximum Gasteiger partial charge on any atom is 0.416 e. The van der Waals surface area contributed by atoms with E-state index in [4.69, 9.17) is 0 Å². The lowest BCUT2D eigenvalue weighted by molar-refractivity contribution is -0.137. The van der Waals surface area contributed by atoms with Crippen molar-refractivity contribution in [1.82, 2.24) is 20.4 Å². The molecule has 0 saturated carbocycles. The van der Waals surface area contributed by atoms with Gasteiger partial charge in [-0.05, 0) is 29.7 Å². The Hall–Kier alpha value is -1.78. The second-order valence-corrected chi connectivity index (χ2v) is 5.84. The number of aromatic nitrogens is 2. The van der Waals surface area contributed by atoms with Crippen molar-refractivity contribution in [3.05, 3.63) is 53.9 Å². The highest BCUT2D eigenvalue weighted by Gasteiger charge is 2.30. The molecule has 0 amide bonds. The van der Waals surface area contributed by atoms with Crippen molar-refractivity contribution in [2.45, 2.75) is 26.2 Å². The third-order valence-electron chi connectivity index (χ3n) is 3.61. The number of halogens is 4. The fourth-order valence-electron chi connectivity index (χ4n) is 2.33.